The first-order valence-electron chi connectivity index (χ1n) is 1.53. The third-order valence-electron chi connectivity index (χ3n) is 0. The molecule has 3 heteroatoms. The van der Waals surface area contributed by atoms with Gasteiger partial charge in [-0.3, -0.25) is 0 Å². The van der Waals surface area contributed by atoms with Gasteiger partial charge in [0.25, 0.3) is 0 Å². The summed E-state index contributed by atoms with van der Waals surface area (Å²) in [6.07, 6.45) is 0. The van der Waals surface area contributed by atoms with Crippen molar-refractivity contribution in [2.24, 2.45) is 0 Å². The van der Waals surface area contributed by atoms with Gasteiger partial charge in [0.2, 0.25) is 6.93 Å². The van der Waals surface area contributed by atoms with Crippen molar-refractivity contribution in [2.45, 2.75) is 0 Å². The molecule has 40 valence electrons. The van der Waals surface area contributed by atoms with Crippen LogP contribution in [0, 0.1) is 0 Å². The maximum atomic E-state index is 9.62. The molecular weight excluding hydrogens is 88.0 g/mol. The molecule has 0 heterocycles. The predicted molar refractivity (Wildman–Crippen MR) is 22.1 cm³/mol. The lowest BCUT2D eigenvalue weighted by atomic mass is 11.3. The standard InChI is InChI=1S/C2H7N.CH2F2/c1-3-2;2-1-3/h3H,1-2H3;1H2. The van der Waals surface area contributed by atoms with Crippen molar-refractivity contribution in [1.29, 1.82) is 0 Å². The van der Waals surface area contributed by atoms with Gasteiger partial charge in [-0.1, -0.05) is 0 Å². The van der Waals surface area contributed by atoms with Crippen molar-refractivity contribution >= 4 is 0 Å². The van der Waals surface area contributed by atoms with Crippen molar-refractivity contribution in [3.05, 3.63) is 0 Å². The average Bonchev–Trinajstić information content (AvgIpc) is 1.39. The molecule has 0 radical (unpaired) electrons. The lowest BCUT2D eigenvalue weighted by molar-refractivity contribution is 0.295. The molecule has 0 amide bonds. The normalized spacial score (nSPS) is 6.00. The number of hydrogen-bond acceptors (Lipinski definition) is 1. The van der Waals surface area contributed by atoms with Crippen LogP contribution in [0.3, 0.4) is 0 Å². The van der Waals surface area contributed by atoms with Crippen LogP contribution in [0.5, 0.6) is 0 Å². The largest absolute Gasteiger partial charge is 0.323 e. The summed E-state index contributed by atoms with van der Waals surface area (Å²) in [4.78, 5) is 0. The molecule has 0 aliphatic heterocycles. The highest BCUT2D eigenvalue weighted by molar-refractivity contribution is 3.91. The number of alkyl halides is 2. The number of halogens is 2. The van der Waals surface area contributed by atoms with Crippen molar-refractivity contribution < 1.29 is 8.78 Å². The van der Waals surface area contributed by atoms with Gasteiger partial charge < -0.3 is 5.32 Å². The van der Waals surface area contributed by atoms with Gasteiger partial charge in [-0.25, -0.2) is 8.78 Å². The van der Waals surface area contributed by atoms with Crippen LogP contribution in [0.15, 0.2) is 0 Å². The van der Waals surface area contributed by atoms with E-state index in [1.54, 1.807) is 0 Å². The van der Waals surface area contributed by atoms with Crippen LogP contribution in [0.2, 0.25) is 0 Å². The molecule has 0 aliphatic rings. The number of nitrogens with one attached hydrogen (secondary N) is 1. The second kappa shape index (κ2) is 21.2. The van der Waals surface area contributed by atoms with E-state index >= 15 is 0 Å². The fourth-order valence-electron chi connectivity index (χ4n) is 0. The molecule has 0 bridgehead atoms. The maximum Gasteiger partial charge on any atom is 0.229 e. The van der Waals surface area contributed by atoms with E-state index in [-0.39, 0.29) is 0 Å². The van der Waals surface area contributed by atoms with Crippen molar-refractivity contribution in [3.8, 4) is 0 Å². The molecule has 1 N–H and O–H groups in total. The summed E-state index contributed by atoms with van der Waals surface area (Å²) in [5, 5.41) is 2.75. The Labute approximate surface area is 36.4 Å². The van der Waals surface area contributed by atoms with Crippen LogP contribution in [-0.4, -0.2) is 21.0 Å². The Morgan fingerprint density at radius 2 is 1.33 bits per heavy atom. The van der Waals surface area contributed by atoms with Gasteiger partial charge in [-0.05, 0) is 14.1 Å². The first-order chi connectivity index (χ1) is 2.83. The Hall–Kier alpha value is -0.180. The summed E-state index contributed by atoms with van der Waals surface area (Å²) in [5.74, 6) is 0. The third kappa shape index (κ3) is 938. The molecule has 0 spiro atoms. The van der Waals surface area contributed by atoms with Gasteiger partial charge >= 0.3 is 0 Å². The fourth-order valence-corrected chi connectivity index (χ4v) is 0. The zero-order chi connectivity index (χ0) is 5.41. The van der Waals surface area contributed by atoms with Crippen LogP contribution in [0.4, 0.5) is 8.78 Å². The maximum absolute atomic E-state index is 9.62. The zero-order valence-corrected chi connectivity index (χ0v) is 3.96. The first-order valence-corrected chi connectivity index (χ1v) is 1.53. The first kappa shape index (κ1) is 9.27. The van der Waals surface area contributed by atoms with Crippen LogP contribution in [0.25, 0.3) is 0 Å². The fraction of sp³-hybridized carbons (Fsp3) is 1.00. The van der Waals surface area contributed by atoms with Gasteiger partial charge in [-0.15, -0.1) is 0 Å². The summed E-state index contributed by atoms with van der Waals surface area (Å²) in [7, 11) is 3.75. The molecule has 0 aliphatic carbocycles. The van der Waals surface area contributed by atoms with Gasteiger partial charge in [0.05, 0.1) is 0 Å². The lowest BCUT2D eigenvalue weighted by Crippen LogP contribution is -1.89. The molecule has 0 aromatic carbocycles. The van der Waals surface area contributed by atoms with E-state index in [2.05, 4.69) is 5.32 Å². The zero-order valence-electron chi connectivity index (χ0n) is 3.96. The number of hydrogen-bond donors (Lipinski definition) is 1. The van der Waals surface area contributed by atoms with Crippen molar-refractivity contribution in [2.75, 3.05) is 21.0 Å². The van der Waals surface area contributed by atoms with Crippen molar-refractivity contribution in [1.82, 2.24) is 5.32 Å². The quantitative estimate of drug-likeness (QED) is 0.469. The highest BCUT2D eigenvalue weighted by Crippen LogP contribution is 1.56. The third-order valence-corrected chi connectivity index (χ3v) is 0. The average molecular weight is 97.1 g/mol. The Kier molecular flexibility index (Phi) is 32.8. The molecule has 0 atom stereocenters. The van der Waals surface area contributed by atoms with E-state index in [4.69, 9.17) is 0 Å². The van der Waals surface area contributed by atoms with Crippen LogP contribution < -0.4 is 5.32 Å². The Morgan fingerprint density at radius 1 is 1.33 bits per heavy atom. The minimum atomic E-state index is -1.75. The lowest BCUT2D eigenvalue weighted by Gasteiger charge is -1.59. The molecule has 0 rings (SSSR count). The van der Waals surface area contributed by atoms with E-state index in [1.165, 1.54) is 0 Å². The summed E-state index contributed by atoms with van der Waals surface area (Å²) in [5.41, 5.74) is 0. The SMILES string of the molecule is CNC.FCF. The molecular formula is C3H9F2N. The van der Waals surface area contributed by atoms with Crippen LogP contribution in [-0.2, 0) is 0 Å². The summed E-state index contributed by atoms with van der Waals surface area (Å²) in [6.45, 7) is -1.75. The number of rotatable bonds is 0. The Balaban J connectivity index is 0. The molecule has 0 fully saturated rings. The van der Waals surface area contributed by atoms with Crippen LogP contribution >= 0.6 is 0 Å². The molecule has 0 aromatic rings. The summed E-state index contributed by atoms with van der Waals surface area (Å²) >= 11 is 0. The van der Waals surface area contributed by atoms with Gasteiger partial charge in [0.15, 0.2) is 0 Å². The molecule has 6 heavy (non-hydrogen) atoms. The molecule has 0 aromatic heterocycles. The Bertz CT molecular complexity index is 10.8. The Morgan fingerprint density at radius 3 is 1.33 bits per heavy atom. The van der Waals surface area contributed by atoms with E-state index in [0.29, 0.717) is 0 Å². The highest BCUT2D eigenvalue weighted by atomic mass is 19.3. The molecule has 0 saturated carbocycles. The minimum Gasteiger partial charge on any atom is -0.323 e. The topological polar surface area (TPSA) is 12.0 Å². The molecule has 0 unspecified atom stereocenters. The van der Waals surface area contributed by atoms with Crippen LogP contribution in [0.1, 0.15) is 0 Å². The highest BCUT2D eigenvalue weighted by Gasteiger charge is 1.44. The predicted octanol–water partition coefficient (Wildman–Crippen LogP) is 0.718. The van der Waals surface area contributed by atoms with E-state index in [9.17, 15) is 8.78 Å². The molecule has 1 nitrogen and oxygen atoms in total. The van der Waals surface area contributed by atoms with Gasteiger partial charge in [-0.2, -0.15) is 0 Å². The second-order valence-electron chi connectivity index (χ2n) is 0.601. The summed E-state index contributed by atoms with van der Waals surface area (Å²) < 4.78 is 19.2. The molecule has 0 saturated heterocycles. The summed E-state index contributed by atoms with van der Waals surface area (Å²) in [6, 6.07) is 0. The smallest absolute Gasteiger partial charge is 0.229 e. The van der Waals surface area contributed by atoms with E-state index < -0.39 is 6.93 Å². The second-order valence-corrected chi connectivity index (χ2v) is 0.601. The van der Waals surface area contributed by atoms with Gasteiger partial charge in [0.1, 0.15) is 0 Å². The van der Waals surface area contributed by atoms with E-state index in [1.807, 2.05) is 14.1 Å². The van der Waals surface area contributed by atoms with Crippen molar-refractivity contribution in [3.63, 3.8) is 0 Å². The minimum absolute atomic E-state index is 1.75. The van der Waals surface area contributed by atoms with Gasteiger partial charge in [0, 0.05) is 0 Å². The van der Waals surface area contributed by atoms with E-state index in [0.717, 1.165) is 0 Å². The monoisotopic (exact) mass is 97.1 g/mol.